The summed E-state index contributed by atoms with van der Waals surface area (Å²) in [6.07, 6.45) is 0. The quantitative estimate of drug-likeness (QED) is 0.820. The average Bonchev–Trinajstić information content (AvgIpc) is 2.70. The van der Waals surface area contributed by atoms with Crippen molar-refractivity contribution in [3.63, 3.8) is 0 Å². The Bertz CT molecular complexity index is 606. The number of ether oxygens (including phenoxy) is 1. The van der Waals surface area contributed by atoms with Crippen LogP contribution in [0.25, 0.3) is 0 Å². The molecule has 0 aliphatic carbocycles. The second-order valence-corrected chi connectivity index (χ2v) is 5.96. The summed E-state index contributed by atoms with van der Waals surface area (Å²) in [5.74, 6) is 1.77. The van der Waals surface area contributed by atoms with Crippen LogP contribution < -0.4 is 4.74 Å². The summed E-state index contributed by atoms with van der Waals surface area (Å²) in [4.78, 5) is 4.18. The van der Waals surface area contributed by atoms with Crippen LogP contribution >= 0.6 is 0 Å². The Labute approximate surface area is 123 Å². The molecule has 1 aromatic carbocycles. The maximum Gasteiger partial charge on any atom is 0.387 e. The summed E-state index contributed by atoms with van der Waals surface area (Å²) in [6.45, 7) is 0.783. The lowest BCUT2D eigenvalue weighted by atomic mass is 10.2. The molecule has 1 aromatic heterocycles. The van der Waals surface area contributed by atoms with E-state index in [0.29, 0.717) is 11.6 Å². The highest BCUT2D eigenvalue weighted by Crippen LogP contribution is 2.17. The van der Waals surface area contributed by atoms with Gasteiger partial charge >= 0.3 is 6.61 Å². The highest BCUT2D eigenvalue weighted by molar-refractivity contribution is 7.83. The van der Waals surface area contributed by atoms with Gasteiger partial charge < -0.3 is 9.15 Å². The zero-order chi connectivity index (χ0) is 15.4. The van der Waals surface area contributed by atoms with Crippen molar-refractivity contribution >= 4 is 10.8 Å². The lowest BCUT2D eigenvalue weighted by molar-refractivity contribution is -0.0498. The van der Waals surface area contributed by atoms with Gasteiger partial charge in [-0.25, -0.2) is 4.98 Å². The minimum Gasteiger partial charge on any atom is -0.445 e. The molecule has 1 atom stereocenters. The van der Waals surface area contributed by atoms with E-state index in [1.165, 1.54) is 12.1 Å². The maximum absolute atomic E-state index is 12.0. The molecule has 2 rings (SSSR count). The van der Waals surface area contributed by atoms with Crippen molar-refractivity contribution < 1.29 is 22.1 Å². The first-order valence-corrected chi connectivity index (χ1v) is 7.74. The van der Waals surface area contributed by atoms with E-state index in [-0.39, 0.29) is 11.5 Å². The molecule has 1 heterocycles. The summed E-state index contributed by atoms with van der Waals surface area (Å²) in [5, 5.41) is 0. The Morgan fingerprint density at radius 3 is 2.43 bits per heavy atom. The van der Waals surface area contributed by atoms with Gasteiger partial charge in [0.2, 0.25) is 5.89 Å². The molecule has 0 spiro atoms. The molecule has 0 aliphatic rings. The number of hydrogen-bond acceptors (Lipinski definition) is 4. The van der Waals surface area contributed by atoms with E-state index >= 15 is 0 Å². The second-order valence-electron chi connectivity index (χ2n) is 4.50. The van der Waals surface area contributed by atoms with Gasteiger partial charge in [0, 0.05) is 16.6 Å². The molecule has 0 saturated heterocycles. The minimum absolute atomic E-state index is 0.0819. The van der Waals surface area contributed by atoms with Crippen LogP contribution in [0.4, 0.5) is 8.78 Å². The van der Waals surface area contributed by atoms with Gasteiger partial charge in [0.1, 0.15) is 17.3 Å². The van der Waals surface area contributed by atoms with E-state index < -0.39 is 17.4 Å². The molecule has 0 aliphatic heterocycles. The van der Waals surface area contributed by atoms with Crippen molar-refractivity contribution in [3.8, 4) is 5.75 Å². The Kier molecular flexibility index (Phi) is 5.06. The third-order valence-corrected chi connectivity index (χ3v) is 4.06. The normalized spacial score (nSPS) is 12.6. The molecule has 0 saturated carbocycles. The number of aromatic nitrogens is 1. The van der Waals surface area contributed by atoms with Crippen LogP contribution in [0.15, 0.2) is 28.7 Å². The van der Waals surface area contributed by atoms with Gasteiger partial charge in [-0.15, -0.1) is 0 Å². The first kappa shape index (κ1) is 15.6. The number of aryl methyl sites for hydroxylation is 2. The van der Waals surface area contributed by atoms with Crippen LogP contribution in [0.5, 0.6) is 5.75 Å². The van der Waals surface area contributed by atoms with Crippen molar-refractivity contribution in [1.82, 2.24) is 4.98 Å². The Morgan fingerprint density at radius 1 is 1.24 bits per heavy atom. The number of halogens is 2. The zero-order valence-corrected chi connectivity index (χ0v) is 12.5. The fourth-order valence-corrected chi connectivity index (χ4v) is 2.81. The number of alkyl halides is 2. The number of nitrogens with zero attached hydrogens (tertiary/aromatic N) is 1. The third kappa shape index (κ3) is 4.63. The smallest absolute Gasteiger partial charge is 0.387 e. The van der Waals surface area contributed by atoms with Crippen molar-refractivity contribution in [2.45, 2.75) is 32.0 Å². The highest BCUT2D eigenvalue weighted by atomic mass is 32.2. The van der Waals surface area contributed by atoms with Gasteiger partial charge in [-0.05, 0) is 31.5 Å². The molecule has 0 N–H and O–H groups in total. The molecular formula is C14H15F2NO3S. The summed E-state index contributed by atoms with van der Waals surface area (Å²) < 4.78 is 45.7. The summed E-state index contributed by atoms with van der Waals surface area (Å²) in [6, 6.07) is 6.08. The van der Waals surface area contributed by atoms with E-state index in [9.17, 15) is 13.0 Å². The first-order valence-electron chi connectivity index (χ1n) is 6.25. The van der Waals surface area contributed by atoms with Gasteiger partial charge in [0.25, 0.3) is 0 Å². The number of rotatable bonds is 6. The van der Waals surface area contributed by atoms with E-state index in [4.69, 9.17) is 4.42 Å². The molecule has 7 heteroatoms. The minimum atomic E-state index is -2.85. The Balaban J connectivity index is 1.93. The molecule has 4 nitrogen and oxygen atoms in total. The third-order valence-electron chi connectivity index (χ3n) is 2.83. The van der Waals surface area contributed by atoms with Crippen molar-refractivity contribution in [2.75, 3.05) is 0 Å². The second kappa shape index (κ2) is 6.80. The van der Waals surface area contributed by atoms with Crippen molar-refractivity contribution in [1.29, 1.82) is 0 Å². The molecule has 2 aromatic rings. The van der Waals surface area contributed by atoms with E-state index in [0.717, 1.165) is 17.0 Å². The van der Waals surface area contributed by atoms with E-state index in [1.54, 1.807) is 19.1 Å². The fourth-order valence-electron chi connectivity index (χ4n) is 1.74. The van der Waals surface area contributed by atoms with Gasteiger partial charge in [0.15, 0.2) is 0 Å². The van der Waals surface area contributed by atoms with Gasteiger partial charge in [-0.2, -0.15) is 8.78 Å². The summed E-state index contributed by atoms with van der Waals surface area (Å²) >= 11 is 0. The summed E-state index contributed by atoms with van der Waals surface area (Å²) in [5.41, 5.74) is 1.56. The molecule has 1 unspecified atom stereocenters. The summed E-state index contributed by atoms with van der Waals surface area (Å²) in [7, 11) is -1.18. The molecular weight excluding hydrogens is 300 g/mol. The van der Waals surface area contributed by atoms with Crippen LogP contribution in [0.3, 0.4) is 0 Å². The lowest BCUT2D eigenvalue weighted by Gasteiger charge is -2.05. The number of benzene rings is 1. The molecule has 114 valence electrons. The van der Waals surface area contributed by atoms with Crippen LogP contribution in [0.1, 0.15) is 22.9 Å². The van der Waals surface area contributed by atoms with Gasteiger partial charge in [0.05, 0.1) is 5.69 Å². The average molecular weight is 315 g/mol. The molecule has 0 radical (unpaired) electrons. The predicted octanol–water partition coefficient (Wildman–Crippen LogP) is 3.34. The molecule has 0 fully saturated rings. The Morgan fingerprint density at radius 2 is 1.90 bits per heavy atom. The number of oxazole rings is 1. The number of hydrogen-bond donors (Lipinski definition) is 0. The van der Waals surface area contributed by atoms with Crippen LogP contribution in [-0.4, -0.2) is 15.8 Å². The monoisotopic (exact) mass is 315 g/mol. The van der Waals surface area contributed by atoms with Crippen molar-refractivity contribution in [2.24, 2.45) is 0 Å². The molecule has 0 amide bonds. The Hall–Kier alpha value is -1.76. The van der Waals surface area contributed by atoms with Gasteiger partial charge in [-0.1, -0.05) is 12.1 Å². The topological polar surface area (TPSA) is 52.3 Å². The molecule has 21 heavy (non-hydrogen) atoms. The molecule has 0 bridgehead atoms. The maximum atomic E-state index is 12.0. The predicted molar refractivity (Wildman–Crippen MR) is 74.6 cm³/mol. The lowest BCUT2D eigenvalue weighted by Crippen LogP contribution is -2.03. The highest BCUT2D eigenvalue weighted by Gasteiger charge is 2.11. The van der Waals surface area contributed by atoms with E-state index in [1.807, 2.05) is 6.92 Å². The zero-order valence-electron chi connectivity index (χ0n) is 11.6. The fraction of sp³-hybridized carbons (Fsp3) is 0.357. The SMILES string of the molecule is Cc1nc(CS(=O)Cc2ccc(OC(F)F)cc2)oc1C. The first-order chi connectivity index (χ1) is 9.94. The van der Waals surface area contributed by atoms with Crippen LogP contribution in [0.2, 0.25) is 0 Å². The van der Waals surface area contributed by atoms with Crippen molar-refractivity contribution in [3.05, 3.63) is 47.2 Å². The van der Waals surface area contributed by atoms with E-state index in [2.05, 4.69) is 9.72 Å². The standard InChI is InChI=1S/C14H15F2NO3S/c1-9-10(2)19-13(17-9)8-21(18)7-11-3-5-12(6-4-11)20-14(15)16/h3-6,14H,7-8H2,1-2H3. The van der Waals surface area contributed by atoms with Gasteiger partial charge in [-0.3, -0.25) is 4.21 Å². The largest absolute Gasteiger partial charge is 0.445 e. The van der Waals surface area contributed by atoms with Crippen LogP contribution in [-0.2, 0) is 22.3 Å². The van der Waals surface area contributed by atoms with Crippen LogP contribution in [0, 0.1) is 13.8 Å².